The Hall–Kier alpha value is -1.88. The molecule has 0 saturated heterocycles. The van der Waals surface area contributed by atoms with Crippen LogP contribution in [0, 0.1) is 5.92 Å². The molecule has 110 valence electrons. The fourth-order valence-electron chi connectivity index (χ4n) is 1.82. The predicted molar refractivity (Wildman–Crippen MR) is 76.0 cm³/mol. The summed E-state index contributed by atoms with van der Waals surface area (Å²) in [6, 6.07) is 6.43. The summed E-state index contributed by atoms with van der Waals surface area (Å²) in [7, 11) is 2.89. The maximum Gasteiger partial charge on any atom is 0.323 e. The summed E-state index contributed by atoms with van der Waals surface area (Å²) >= 11 is 0. The van der Waals surface area contributed by atoms with E-state index in [1.165, 1.54) is 7.11 Å². The van der Waals surface area contributed by atoms with Crippen molar-refractivity contribution >= 4 is 11.8 Å². The first-order valence-electron chi connectivity index (χ1n) is 6.48. The van der Waals surface area contributed by atoms with Gasteiger partial charge in [0.15, 0.2) is 5.78 Å². The molecule has 0 spiro atoms. The molecular weight excluding hydrogens is 258 g/mol. The minimum Gasteiger partial charge on any atom is -0.497 e. The summed E-state index contributed by atoms with van der Waals surface area (Å²) in [5.74, 6) is 0.210. The van der Waals surface area contributed by atoms with Gasteiger partial charge in [-0.2, -0.15) is 0 Å². The van der Waals surface area contributed by atoms with E-state index in [9.17, 15) is 9.59 Å². The van der Waals surface area contributed by atoms with Crippen LogP contribution in [0.15, 0.2) is 24.3 Å². The molecular formula is C15H21NO4. The molecule has 0 fully saturated rings. The van der Waals surface area contributed by atoms with Crippen LogP contribution in [-0.2, 0) is 9.53 Å². The number of hydrogen-bond acceptors (Lipinski definition) is 5. The lowest BCUT2D eigenvalue weighted by molar-refractivity contribution is -0.144. The molecule has 1 aromatic carbocycles. The van der Waals surface area contributed by atoms with Crippen molar-refractivity contribution in [2.75, 3.05) is 20.8 Å². The second kappa shape index (κ2) is 7.65. The van der Waals surface area contributed by atoms with Gasteiger partial charge in [-0.1, -0.05) is 26.0 Å². The lowest BCUT2D eigenvalue weighted by Crippen LogP contribution is -2.44. The Labute approximate surface area is 119 Å². The average Bonchev–Trinajstić information content (AvgIpc) is 2.46. The van der Waals surface area contributed by atoms with Crippen LogP contribution in [0.25, 0.3) is 0 Å². The van der Waals surface area contributed by atoms with Crippen LogP contribution in [-0.4, -0.2) is 38.6 Å². The maximum atomic E-state index is 12.1. The highest BCUT2D eigenvalue weighted by Crippen LogP contribution is 2.13. The van der Waals surface area contributed by atoms with Crippen LogP contribution in [0.1, 0.15) is 24.2 Å². The Morgan fingerprint density at radius 2 is 1.95 bits per heavy atom. The molecule has 0 bridgehead atoms. The smallest absolute Gasteiger partial charge is 0.323 e. The Morgan fingerprint density at radius 3 is 2.50 bits per heavy atom. The summed E-state index contributed by atoms with van der Waals surface area (Å²) in [5, 5.41) is 2.94. The van der Waals surface area contributed by atoms with Gasteiger partial charge >= 0.3 is 5.97 Å². The predicted octanol–water partition coefficient (Wildman–Crippen LogP) is 1.67. The number of Topliss-reactive ketones (excluding diaryl/α,β-unsaturated/α-hetero) is 1. The highest BCUT2D eigenvalue weighted by molar-refractivity contribution is 5.98. The molecule has 0 amide bonds. The molecule has 0 saturated carbocycles. The average molecular weight is 279 g/mol. The van der Waals surface area contributed by atoms with Gasteiger partial charge in [0.05, 0.1) is 20.8 Å². The Kier molecular flexibility index (Phi) is 6.18. The molecule has 0 aliphatic heterocycles. The second-order valence-corrected chi connectivity index (χ2v) is 4.78. The van der Waals surface area contributed by atoms with Gasteiger partial charge in [0.25, 0.3) is 0 Å². The molecule has 0 aliphatic carbocycles. The second-order valence-electron chi connectivity index (χ2n) is 4.78. The molecule has 1 atom stereocenters. The van der Waals surface area contributed by atoms with Gasteiger partial charge in [0.2, 0.25) is 0 Å². The lowest BCUT2D eigenvalue weighted by Gasteiger charge is -2.19. The van der Waals surface area contributed by atoms with Crippen molar-refractivity contribution in [1.29, 1.82) is 0 Å². The van der Waals surface area contributed by atoms with E-state index in [0.717, 1.165) is 0 Å². The van der Waals surface area contributed by atoms with E-state index in [1.807, 2.05) is 13.8 Å². The quantitative estimate of drug-likeness (QED) is 0.607. The molecule has 5 nitrogen and oxygen atoms in total. The molecule has 0 unspecified atom stereocenters. The number of ether oxygens (including phenoxy) is 2. The zero-order valence-electron chi connectivity index (χ0n) is 12.3. The lowest BCUT2D eigenvalue weighted by atomic mass is 10.0. The van der Waals surface area contributed by atoms with Crippen molar-refractivity contribution in [3.05, 3.63) is 29.8 Å². The van der Waals surface area contributed by atoms with Crippen LogP contribution in [0.5, 0.6) is 5.75 Å². The zero-order valence-corrected chi connectivity index (χ0v) is 12.3. The number of hydrogen-bond donors (Lipinski definition) is 1. The van der Waals surface area contributed by atoms with Gasteiger partial charge in [-0.25, -0.2) is 0 Å². The fraction of sp³-hybridized carbons (Fsp3) is 0.467. The van der Waals surface area contributed by atoms with Gasteiger partial charge in [0, 0.05) is 5.56 Å². The fourth-order valence-corrected chi connectivity index (χ4v) is 1.82. The summed E-state index contributed by atoms with van der Waals surface area (Å²) < 4.78 is 9.79. The minimum absolute atomic E-state index is 0.0422. The third-order valence-electron chi connectivity index (χ3n) is 3.00. The normalized spacial score (nSPS) is 12.1. The molecule has 1 aromatic rings. The number of nitrogens with one attached hydrogen (secondary N) is 1. The van der Waals surface area contributed by atoms with Crippen molar-refractivity contribution in [2.24, 2.45) is 5.92 Å². The number of carbonyl (C=O) groups excluding carboxylic acids is 2. The Balaban J connectivity index is 2.67. The Bertz CT molecular complexity index is 471. The van der Waals surface area contributed by atoms with Crippen LogP contribution in [0.3, 0.4) is 0 Å². The molecule has 0 aliphatic rings. The zero-order chi connectivity index (χ0) is 15.1. The van der Waals surface area contributed by atoms with Crippen LogP contribution < -0.4 is 10.1 Å². The molecule has 0 radical (unpaired) electrons. The summed E-state index contributed by atoms with van der Waals surface area (Å²) in [5.41, 5.74) is 0.546. The van der Waals surface area contributed by atoms with E-state index in [2.05, 4.69) is 5.32 Å². The number of esters is 1. The van der Waals surface area contributed by atoms with E-state index in [-0.39, 0.29) is 24.2 Å². The van der Waals surface area contributed by atoms with Crippen LogP contribution in [0.4, 0.5) is 0 Å². The van der Waals surface area contributed by atoms with E-state index in [4.69, 9.17) is 9.47 Å². The van der Waals surface area contributed by atoms with Crippen LogP contribution >= 0.6 is 0 Å². The first-order valence-corrected chi connectivity index (χ1v) is 6.48. The molecule has 0 heterocycles. The SMILES string of the molecule is COC(=O)[C@H](NCC(=O)c1cccc(OC)c1)C(C)C. The molecule has 0 aromatic heterocycles. The summed E-state index contributed by atoms with van der Waals surface area (Å²) in [6.45, 7) is 3.86. The van der Waals surface area contributed by atoms with E-state index >= 15 is 0 Å². The van der Waals surface area contributed by atoms with Gasteiger partial charge in [-0.3, -0.25) is 14.9 Å². The summed E-state index contributed by atoms with van der Waals surface area (Å²) in [6.07, 6.45) is 0. The topological polar surface area (TPSA) is 64.6 Å². The van der Waals surface area contributed by atoms with E-state index < -0.39 is 6.04 Å². The molecule has 20 heavy (non-hydrogen) atoms. The summed E-state index contributed by atoms with van der Waals surface area (Å²) in [4.78, 5) is 23.7. The third-order valence-corrected chi connectivity index (χ3v) is 3.00. The highest BCUT2D eigenvalue weighted by Gasteiger charge is 2.23. The first-order chi connectivity index (χ1) is 9.49. The monoisotopic (exact) mass is 279 g/mol. The van der Waals surface area contributed by atoms with E-state index in [1.54, 1.807) is 31.4 Å². The number of rotatable bonds is 7. The first kappa shape index (κ1) is 16.2. The maximum absolute atomic E-state index is 12.1. The van der Waals surface area contributed by atoms with Crippen molar-refractivity contribution in [3.63, 3.8) is 0 Å². The van der Waals surface area contributed by atoms with Gasteiger partial charge < -0.3 is 9.47 Å². The molecule has 5 heteroatoms. The highest BCUT2D eigenvalue weighted by atomic mass is 16.5. The third kappa shape index (κ3) is 4.35. The van der Waals surface area contributed by atoms with Crippen molar-refractivity contribution in [1.82, 2.24) is 5.32 Å². The number of carbonyl (C=O) groups is 2. The number of ketones is 1. The van der Waals surface area contributed by atoms with Gasteiger partial charge in [-0.05, 0) is 18.1 Å². The number of methoxy groups -OCH3 is 2. The minimum atomic E-state index is -0.491. The van der Waals surface area contributed by atoms with Crippen molar-refractivity contribution in [2.45, 2.75) is 19.9 Å². The van der Waals surface area contributed by atoms with Gasteiger partial charge in [0.1, 0.15) is 11.8 Å². The Morgan fingerprint density at radius 1 is 1.25 bits per heavy atom. The molecule has 1 rings (SSSR count). The number of benzene rings is 1. The standard InChI is InChI=1S/C15H21NO4/c1-10(2)14(15(18)20-4)16-9-13(17)11-6-5-7-12(8-11)19-3/h5-8,10,14,16H,9H2,1-4H3/t14-/m1/s1. The van der Waals surface area contributed by atoms with Crippen molar-refractivity contribution < 1.29 is 19.1 Å². The largest absolute Gasteiger partial charge is 0.497 e. The van der Waals surface area contributed by atoms with E-state index in [0.29, 0.717) is 11.3 Å². The molecule has 1 N–H and O–H groups in total. The van der Waals surface area contributed by atoms with Crippen LogP contribution in [0.2, 0.25) is 0 Å². The van der Waals surface area contributed by atoms with Gasteiger partial charge in [-0.15, -0.1) is 0 Å². The van der Waals surface area contributed by atoms with Crippen molar-refractivity contribution in [3.8, 4) is 5.75 Å².